The van der Waals surface area contributed by atoms with Crippen LogP contribution in [0.4, 0.5) is 9.59 Å². The zero-order valence-electron chi connectivity index (χ0n) is 16.8. The molecule has 1 aromatic rings. The Morgan fingerprint density at radius 1 is 1.14 bits per heavy atom. The minimum Gasteiger partial charge on any atom is -0.480 e. The fourth-order valence-electron chi connectivity index (χ4n) is 2.61. The highest BCUT2D eigenvalue weighted by atomic mass is 16.6. The molecule has 9 heteroatoms. The van der Waals surface area contributed by atoms with Crippen LogP contribution < -0.4 is 10.6 Å². The Hall–Kier alpha value is -2.81. The number of carboxylic acid groups (broad SMARTS) is 1. The van der Waals surface area contributed by atoms with Gasteiger partial charge in [-0.3, -0.25) is 0 Å². The van der Waals surface area contributed by atoms with Gasteiger partial charge in [-0.1, -0.05) is 30.3 Å². The van der Waals surface area contributed by atoms with Crippen molar-refractivity contribution < 1.29 is 33.7 Å². The second-order valence-electron chi connectivity index (χ2n) is 7.87. The Bertz CT molecular complexity index is 697. The zero-order chi connectivity index (χ0) is 21.4. The van der Waals surface area contributed by atoms with Gasteiger partial charge in [0.05, 0.1) is 12.7 Å². The molecular formula is C20H28N2O7. The number of hydrogen-bond acceptors (Lipinski definition) is 6. The Kier molecular flexibility index (Phi) is 7.83. The van der Waals surface area contributed by atoms with Crippen LogP contribution in [-0.4, -0.2) is 53.7 Å². The number of aliphatic carboxylic acids is 1. The summed E-state index contributed by atoms with van der Waals surface area (Å²) in [4.78, 5) is 34.9. The van der Waals surface area contributed by atoms with Gasteiger partial charge in [-0.15, -0.1) is 0 Å². The molecule has 1 unspecified atom stereocenters. The molecule has 29 heavy (non-hydrogen) atoms. The number of alkyl carbamates (subject to hydrolysis) is 2. The van der Waals surface area contributed by atoms with E-state index in [1.165, 1.54) is 0 Å². The Labute approximate surface area is 169 Å². The smallest absolute Gasteiger partial charge is 0.408 e. The molecule has 3 N–H and O–H groups in total. The summed E-state index contributed by atoms with van der Waals surface area (Å²) >= 11 is 0. The SMILES string of the molecule is CC(C)(C)OC(=O)NC1CC(OCC(NC(=O)OCc2ccccc2)C(=O)O)C1. The molecule has 0 saturated heterocycles. The van der Waals surface area contributed by atoms with Crippen molar-refractivity contribution in [1.29, 1.82) is 0 Å². The first kappa shape index (κ1) is 22.5. The molecule has 1 fully saturated rings. The predicted molar refractivity (Wildman–Crippen MR) is 103 cm³/mol. The van der Waals surface area contributed by atoms with Crippen LogP contribution in [0.5, 0.6) is 0 Å². The largest absolute Gasteiger partial charge is 0.480 e. The number of amides is 2. The first-order valence-electron chi connectivity index (χ1n) is 9.43. The third-order valence-corrected chi connectivity index (χ3v) is 4.12. The lowest BCUT2D eigenvalue weighted by Gasteiger charge is -2.36. The maximum atomic E-state index is 11.8. The van der Waals surface area contributed by atoms with Crippen LogP contribution in [0.25, 0.3) is 0 Å². The Balaban J connectivity index is 1.66. The summed E-state index contributed by atoms with van der Waals surface area (Å²) in [5.41, 5.74) is 0.225. The number of rotatable bonds is 8. The second kappa shape index (κ2) is 10.1. The van der Waals surface area contributed by atoms with Crippen LogP contribution in [0, 0.1) is 0 Å². The van der Waals surface area contributed by atoms with E-state index < -0.39 is 29.8 Å². The van der Waals surface area contributed by atoms with Gasteiger partial charge < -0.3 is 30.0 Å². The molecule has 1 atom stereocenters. The lowest BCUT2D eigenvalue weighted by atomic mass is 9.89. The lowest BCUT2D eigenvalue weighted by Crippen LogP contribution is -2.51. The van der Waals surface area contributed by atoms with Crippen molar-refractivity contribution >= 4 is 18.2 Å². The van der Waals surface area contributed by atoms with E-state index in [0.717, 1.165) is 5.56 Å². The highest BCUT2D eigenvalue weighted by Crippen LogP contribution is 2.24. The fourth-order valence-corrected chi connectivity index (χ4v) is 2.61. The van der Waals surface area contributed by atoms with Crippen molar-refractivity contribution in [3.8, 4) is 0 Å². The van der Waals surface area contributed by atoms with E-state index >= 15 is 0 Å². The number of carboxylic acids is 1. The summed E-state index contributed by atoms with van der Waals surface area (Å²) in [6, 6.07) is 7.75. The molecule has 1 aromatic carbocycles. The highest BCUT2D eigenvalue weighted by molar-refractivity contribution is 5.80. The molecule has 0 spiro atoms. The normalized spacial score (nSPS) is 19.4. The van der Waals surface area contributed by atoms with Gasteiger partial charge in [0.1, 0.15) is 12.2 Å². The van der Waals surface area contributed by atoms with Crippen LogP contribution in [0.15, 0.2) is 30.3 Å². The summed E-state index contributed by atoms with van der Waals surface area (Å²) in [6.07, 6.45) is -0.428. The molecule has 2 rings (SSSR count). The van der Waals surface area contributed by atoms with Crippen molar-refractivity contribution in [3.05, 3.63) is 35.9 Å². The van der Waals surface area contributed by atoms with E-state index in [9.17, 15) is 19.5 Å². The monoisotopic (exact) mass is 408 g/mol. The Morgan fingerprint density at radius 3 is 2.38 bits per heavy atom. The minimum absolute atomic E-state index is 0.0422. The van der Waals surface area contributed by atoms with Crippen molar-refractivity contribution in [2.75, 3.05) is 6.61 Å². The quantitative estimate of drug-likeness (QED) is 0.604. The van der Waals surface area contributed by atoms with Gasteiger partial charge in [-0.05, 0) is 39.2 Å². The third-order valence-electron chi connectivity index (χ3n) is 4.12. The van der Waals surface area contributed by atoms with Gasteiger partial charge in [-0.2, -0.15) is 0 Å². The predicted octanol–water partition coefficient (Wildman–Crippen LogP) is 2.44. The number of benzene rings is 1. The van der Waals surface area contributed by atoms with Crippen molar-refractivity contribution in [2.24, 2.45) is 0 Å². The standard InChI is InChI=1S/C20H28N2O7/c1-20(2,3)29-19(26)21-14-9-15(10-14)27-12-16(17(23)24)22-18(25)28-11-13-7-5-4-6-8-13/h4-8,14-16H,9-12H2,1-3H3,(H,21,26)(H,22,25)(H,23,24). The van der Waals surface area contributed by atoms with Crippen LogP contribution in [0.2, 0.25) is 0 Å². The molecule has 0 aliphatic heterocycles. The zero-order valence-corrected chi connectivity index (χ0v) is 16.8. The van der Waals surface area contributed by atoms with Crippen molar-refractivity contribution in [1.82, 2.24) is 10.6 Å². The van der Waals surface area contributed by atoms with E-state index in [-0.39, 0.29) is 25.4 Å². The summed E-state index contributed by atoms with van der Waals surface area (Å²) in [5.74, 6) is -1.22. The van der Waals surface area contributed by atoms with Crippen LogP contribution >= 0.6 is 0 Å². The van der Waals surface area contributed by atoms with Gasteiger partial charge in [0.2, 0.25) is 0 Å². The van der Waals surface area contributed by atoms with Crippen LogP contribution in [0.3, 0.4) is 0 Å². The molecule has 1 aliphatic rings. The van der Waals surface area contributed by atoms with Crippen LogP contribution in [0.1, 0.15) is 39.2 Å². The highest BCUT2D eigenvalue weighted by Gasteiger charge is 2.33. The number of carbonyl (C=O) groups excluding carboxylic acids is 2. The lowest BCUT2D eigenvalue weighted by molar-refractivity contribution is -0.142. The average Bonchev–Trinajstić information content (AvgIpc) is 2.59. The number of carbonyl (C=O) groups is 3. The Morgan fingerprint density at radius 2 is 1.79 bits per heavy atom. The summed E-state index contributed by atoms with van der Waals surface area (Å²) in [6.45, 7) is 5.19. The molecule has 9 nitrogen and oxygen atoms in total. The van der Waals surface area contributed by atoms with E-state index in [1.54, 1.807) is 32.9 Å². The van der Waals surface area contributed by atoms with E-state index in [4.69, 9.17) is 14.2 Å². The van der Waals surface area contributed by atoms with Gasteiger partial charge in [0, 0.05) is 6.04 Å². The molecule has 0 aromatic heterocycles. The summed E-state index contributed by atoms with van der Waals surface area (Å²) < 4.78 is 15.7. The topological polar surface area (TPSA) is 123 Å². The third kappa shape index (κ3) is 8.39. The first-order chi connectivity index (χ1) is 13.6. The van der Waals surface area contributed by atoms with E-state index in [1.807, 2.05) is 18.2 Å². The van der Waals surface area contributed by atoms with Gasteiger partial charge in [-0.25, -0.2) is 14.4 Å². The number of nitrogens with one attached hydrogen (secondary N) is 2. The van der Waals surface area contributed by atoms with E-state index in [0.29, 0.717) is 12.8 Å². The van der Waals surface area contributed by atoms with Crippen molar-refractivity contribution in [3.63, 3.8) is 0 Å². The molecule has 1 aliphatic carbocycles. The molecule has 2 amide bonds. The molecule has 0 radical (unpaired) electrons. The summed E-state index contributed by atoms with van der Waals surface area (Å²) in [5, 5.41) is 14.3. The molecule has 0 heterocycles. The van der Waals surface area contributed by atoms with Gasteiger partial charge in [0.15, 0.2) is 6.04 Å². The maximum absolute atomic E-state index is 11.8. The van der Waals surface area contributed by atoms with Crippen molar-refractivity contribution in [2.45, 2.75) is 64.0 Å². The second-order valence-corrected chi connectivity index (χ2v) is 7.87. The fraction of sp³-hybridized carbons (Fsp3) is 0.550. The molecule has 1 saturated carbocycles. The van der Waals surface area contributed by atoms with E-state index in [2.05, 4.69) is 10.6 Å². The minimum atomic E-state index is -1.23. The molecular weight excluding hydrogens is 380 g/mol. The molecule has 0 bridgehead atoms. The summed E-state index contributed by atoms with van der Waals surface area (Å²) in [7, 11) is 0. The van der Waals surface area contributed by atoms with Gasteiger partial charge >= 0.3 is 18.2 Å². The average molecular weight is 408 g/mol. The number of hydrogen-bond donors (Lipinski definition) is 3. The van der Waals surface area contributed by atoms with Crippen LogP contribution in [-0.2, 0) is 25.6 Å². The first-order valence-corrected chi connectivity index (χ1v) is 9.43. The molecule has 160 valence electrons. The van der Waals surface area contributed by atoms with Gasteiger partial charge in [0.25, 0.3) is 0 Å². The maximum Gasteiger partial charge on any atom is 0.408 e. The number of ether oxygens (including phenoxy) is 3.